The molecule has 0 unspecified atom stereocenters. The molecule has 0 saturated carbocycles. The van der Waals surface area contributed by atoms with Crippen molar-refractivity contribution in [3.05, 3.63) is 50.5 Å². The smallest absolute Gasteiger partial charge is 0.349 e. The molecule has 3 aromatic rings. The van der Waals surface area contributed by atoms with E-state index in [-0.39, 0.29) is 22.4 Å². The van der Waals surface area contributed by atoms with Crippen LogP contribution >= 0.6 is 22.7 Å². The van der Waals surface area contributed by atoms with E-state index < -0.39 is 10.9 Å². The molecule has 3 aromatic heterocycles. The van der Waals surface area contributed by atoms with Gasteiger partial charge in [-0.05, 0) is 17.5 Å². The van der Waals surface area contributed by atoms with Crippen LogP contribution in [0.15, 0.2) is 34.2 Å². The first-order valence-corrected chi connectivity index (χ1v) is 7.61. The molecular formula is C12H7N3O5S2. The molecule has 0 spiro atoms. The third-order valence-electron chi connectivity index (χ3n) is 2.51. The summed E-state index contributed by atoms with van der Waals surface area (Å²) in [4.78, 5) is 26.9. The van der Waals surface area contributed by atoms with Crippen molar-refractivity contribution in [1.82, 2.24) is 10.1 Å². The summed E-state index contributed by atoms with van der Waals surface area (Å²) in [6, 6.07) is 6.30. The minimum Gasteiger partial charge on any atom is -0.451 e. The fraction of sp³-hybridized carbons (Fsp3) is 0.0833. The first kappa shape index (κ1) is 14.4. The highest BCUT2D eigenvalue weighted by Crippen LogP contribution is 2.25. The Hall–Kier alpha value is -2.59. The summed E-state index contributed by atoms with van der Waals surface area (Å²) < 4.78 is 9.98. The summed E-state index contributed by atoms with van der Waals surface area (Å²) in [5, 5.41) is 16.1. The summed E-state index contributed by atoms with van der Waals surface area (Å²) in [7, 11) is 0. The number of ether oxygens (including phenoxy) is 1. The second-order valence-electron chi connectivity index (χ2n) is 3.96. The summed E-state index contributed by atoms with van der Waals surface area (Å²) in [6.07, 6.45) is 0. The first-order valence-electron chi connectivity index (χ1n) is 5.91. The molecule has 0 aromatic carbocycles. The fourth-order valence-corrected chi connectivity index (χ4v) is 2.92. The number of hydrogen-bond acceptors (Lipinski definition) is 9. The van der Waals surface area contributed by atoms with Gasteiger partial charge in [0.15, 0.2) is 6.61 Å². The average Bonchev–Trinajstić information content (AvgIpc) is 3.23. The maximum absolute atomic E-state index is 11.8. The van der Waals surface area contributed by atoms with Crippen molar-refractivity contribution in [3.8, 4) is 10.7 Å². The van der Waals surface area contributed by atoms with Crippen LogP contribution in [-0.4, -0.2) is 21.0 Å². The van der Waals surface area contributed by atoms with Crippen LogP contribution < -0.4 is 0 Å². The van der Waals surface area contributed by atoms with E-state index in [1.807, 2.05) is 17.5 Å². The lowest BCUT2D eigenvalue weighted by atomic mass is 10.4. The lowest BCUT2D eigenvalue weighted by Gasteiger charge is -1.97. The van der Waals surface area contributed by atoms with Crippen molar-refractivity contribution in [2.24, 2.45) is 0 Å². The van der Waals surface area contributed by atoms with Gasteiger partial charge in [-0.2, -0.15) is 4.98 Å². The normalized spacial score (nSPS) is 10.5. The topological polar surface area (TPSA) is 108 Å². The molecule has 0 saturated heterocycles. The zero-order chi connectivity index (χ0) is 15.5. The molecule has 0 aliphatic carbocycles. The first-order chi connectivity index (χ1) is 10.6. The second kappa shape index (κ2) is 6.03. The van der Waals surface area contributed by atoms with Gasteiger partial charge < -0.3 is 9.26 Å². The Morgan fingerprint density at radius 1 is 1.41 bits per heavy atom. The van der Waals surface area contributed by atoms with Crippen molar-refractivity contribution >= 4 is 33.6 Å². The highest BCUT2D eigenvalue weighted by molar-refractivity contribution is 7.17. The van der Waals surface area contributed by atoms with E-state index in [0.29, 0.717) is 5.82 Å². The van der Waals surface area contributed by atoms with Crippen LogP contribution in [0.1, 0.15) is 15.6 Å². The molecule has 0 fully saturated rings. The highest BCUT2D eigenvalue weighted by Gasteiger charge is 2.18. The molecule has 0 radical (unpaired) electrons. The lowest BCUT2D eigenvalue weighted by molar-refractivity contribution is -0.380. The maximum atomic E-state index is 11.8. The molecule has 0 bridgehead atoms. The summed E-state index contributed by atoms with van der Waals surface area (Å²) >= 11 is 2.21. The van der Waals surface area contributed by atoms with E-state index >= 15 is 0 Å². The molecule has 3 rings (SSSR count). The molecule has 8 nitrogen and oxygen atoms in total. The van der Waals surface area contributed by atoms with E-state index in [4.69, 9.17) is 9.26 Å². The van der Waals surface area contributed by atoms with E-state index in [2.05, 4.69) is 10.1 Å². The largest absolute Gasteiger partial charge is 0.451 e. The SMILES string of the molecule is O=C(OCc1nc(-c2cccs2)no1)c1ccc([N+](=O)[O-])s1. The van der Waals surface area contributed by atoms with Gasteiger partial charge in [-0.1, -0.05) is 22.6 Å². The predicted molar refractivity (Wildman–Crippen MR) is 77.7 cm³/mol. The number of esters is 1. The monoisotopic (exact) mass is 337 g/mol. The number of hydrogen-bond donors (Lipinski definition) is 0. The minimum absolute atomic E-state index is 0.121. The Kier molecular flexibility index (Phi) is 3.94. The van der Waals surface area contributed by atoms with Crippen LogP contribution in [-0.2, 0) is 11.3 Å². The average molecular weight is 337 g/mol. The Bertz CT molecular complexity index is 808. The number of carbonyl (C=O) groups excluding carboxylic acids is 1. The van der Waals surface area contributed by atoms with Crippen LogP contribution in [0.25, 0.3) is 10.7 Å². The van der Waals surface area contributed by atoms with Gasteiger partial charge in [0.05, 0.1) is 9.80 Å². The zero-order valence-electron chi connectivity index (χ0n) is 10.8. The molecule has 112 valence electrons. The summed E-state index contributed by atoms with van der Waals surface area (Å²) in [5.41, 5.74) is 0. The number of aromatic nitrogens is 2. The Morgan fingerprint density at radius 3 is 2.95 bits per heavy atom. The van der Waals surface area contributed by atoms with Crippen LogP contribution in [0.2, 0.25) is 0 Å². The number of rotatable bonds is 5. The zero-order valence-corrected chi connectivity index (χ0v) is 12.4. The Balaban J connectivity index is 1.62. The van der Waals surface area contributed by atoms with Gasteiger partial charge in [-0.3, -0.25) is 10.1 Å². The summed E-state index contributed by atoms with van der Waals surface area (Å²) in [5.74, 6) is -0.0930. The molecule has 3 heterocycles. The van der Waals surface area contributed by atoms with Crippen molar-refractivity contribution in [1.29, 1.82) is 0 Å². The standard InChI is InChI=1S/C12H7N3O5S2/c16-12(8-3-4-10(22-8)15(17)18)19-6-9-13-11(14-20-9)7-2-1-5-21-7/h1-5H,6H2. The third kappa shape index (κ3) is 3.02. The van der Waals surface area contributed by atoms with Gasteiger partial charge in [-0.15, -0.1) is 11.3 Å². The maximum Gasteiger partial charge on any atom is 0.349 e. The van der Waals surface area contributed by atoms with E-state index in [0.717, 1.165) is 16.2 Å². The van der Waals surface area contributed by atoms with Gasteiger partial charge in [-0.25, -0.2) is 4.79 Å². The number of nitrogens with zero attached hydrogens (tertiary/aromatic N) is 3. The molecule has 0 amide bonds. The van der Waals surface area contributed by atoms with Crippen LogP contribution in [0.3, 0.4) is 0 Å². The van der Waals surface area contributed by atoms with E-state index in [9.17, 15) is 14.9 Å². The molecule has 0 aliphatic heterocycles. The quantitative estimate of drug-likeness (QED) is 0.400. The predicted octanol–water partition coefficient (Wildman–Crippen LogP) is 3.12. The minimum atomic E-state index is -0.672. The third-order valence-corrected chi connectivity index (χ3v) is 4.39. The number of nitro groups is 1. The molecule has 0 N–H and O–H groups in total. The van der Waals surface area contributed by atoms with Crippen LogP contribution in [0.5, 0.6) is 0 Å². The lowest BCUT2D eigenvalue weighted by Crippen LogP contribution is -2.03. The van der Waals surface area contributed by atoms with Gasteiger partial charge in [0.25, 0.3) is 5.89 Å². The Morgan fingerprint density at radius 2 is 2.27 bits per heavy atom. The number of carbonyl (C=O) groups is 1. The summed E-state index contributed by atoms with van der Waals surface area (Å²) in [6.45, 7) is -0.192. The van der Waals surface area contributed by atoms with Crippen molar-refractivity contribution in [3.63, 3.8) is 0 Å². The molecule has 0 aliphatic rings. The Labute approximate surface area is 131 Å². The second-order valence-corrected chi connectivity index (χ2v) is 5.97. The van der Waals surface area contributed by atoms with Crippen molar-refractivity contribution < 1.29 is 19.0 Å². The van der Waals surface area contributed by atoms with E-state index in [1.165, 1.54) is 23.5 Å². The fourth-order valence-electron chi connectivity index (χ4n) is 1.55. The van der Waals surface area contributed by atoms with Crippen molar-refractivity contribution in [2.45, 2.75) is 6.61 Å². The number of thiophene rings is 2. The van der Waals surface area contributed by atoms with Gasteiger partial charge >= 0.3 is 11.0 Å². The molecule has 22 heavy (non-hydrogen) atoms. The highest BCUT2D eigenvalue weighted by atomic mass is 32.1. The van der Waals surface area contributed by atoms with Crippen LogP contribution in [0, 0.1) is 10.1 Å². The van der Waals surface area contributed by atoms with Gasteiger partial charge in [0.1, 0.15) is 4.88 Å². The molecule has 10 heteroatoms. The van der Waals surface area contributed by atoms with E-state index in [1.54, 1.807) is 0 Å². The molecule has 0 atom stereocenters. The molecular weight excluding hydrogens is 330 g/mol. The van der Waals surface area contributed by atoms with Crippen molar-refractivity contribution in [2.75, 3.05) is 0 Å². The van der Waals surface area contributed by atoms with Crippen LogP contribution in [0.4, 0.5) is 5.00 Å². The van der Waals surface area contributed by atoms with Gasteiger partial charge in [0.2, 0.25) is 5.82 Å². The van der Waals surface area contributed by atoms with Gasteiger partial charge in [0, 0.05) is 6.07 Å².